The van der Waals surface area contributed by atoms with Crippen molar-refractivity contribution in [2.75, 3.05) is 20.8 Å². The molecular formula is C22H19Cl2FN2O5S. The van der Waals surface area contributed by atoms with Crippen molar-refractivity contribution < 1.29 is 28.2 Å². The normalized spacial score (nSPS) is 11.5. The molecule has 3 rings (SSSR count). The van der Waals surface area contributed by atoms with Gasteiger partial charge >= 0.3 is 5.97 Å². The van der Waals surface area contributed by atoms with E-state index in [1.54, 1.807) is 19.2 Å². The van der Waals surface area contributed by atoms with E-state index in [-0.39, 0.29) is 27.2 Å². The van der Waals surface area contributed by atoms with Gasteiger partial charge < -0.3 is 19.5 Å². The molecule has 0 radical (unpaired) electrons. The summed E-state index contributed by atoms with van der Waals surface area (Å²) in [5.74, 6) is -0.847. The summed E-state index contributed by atoms with van der Waals surface area (Å²) in [5, 5.41) is 2.67. The second-order valence-electron chi connectivity index (χ2n) is 6.69. The van der Waals surface area contributed by atoms with Gasteiger partial charge in [0.1, 0.15) is 15.2 Å². The number of carbonyl (C=O) groups excluding carboxylic acids is 2. The summed E-state index contributed by atoms with van der Waals surface area (Å²) >= 11 is 12.7. The predicted octanol–water partition coefficient (Wildman–Crippen LogP) is 4.86. The maximum atomic E-state index is 13.4. The lowest BCUT2D eigenvalue weighted by molar-refractivity contribution is -0.130. The first-order chi connectivity index (χ1) is 15.8. The number of halogens is 3. The lowest BCUT2D eigenvalue weighted by Gasteiger charge is -2.18. The zero-order valence-corrected chi connectivity index (χ0v) is 19.9. The highest BCUT2D eigenvalue weighted by atomic mass is 35.5. The smallest absolute Gasteiger partial charge is 0.360 e. The number of rotatable bonds is 9. The number of esters is 1. The van der Waals surface area contributed by atoms with E-state index < -0.39 is 23.8 Å². The van der Waals surface area contributed by atoms with Crippen LogP contribution in [-0.4, -0.2) is 37.0 Å². The minimum atomic E-state index is -1.35. The van der Waals surface area contributed by atoms with Crippen LogP contribution >= 0.6 is 34.7 Å². The van der Waals surface area contributed by atoms with Gasteiger partial charge in [-0.3, -0.25) is 4.79 Å². The number of benzene rings is 2. The van der Waals surface area contributed by atoms with Crippen LogP contribution in [0.15, 0.2) is 42.5 Å². The molecule has 1 heterocycles. The van der Waals surface area contributed by atoms with E-state index in [4.69, 9.17) is 37.4 Å². The molecule has 0 spiro atoms. The molecule has 1 aromatic heterocycles. The molecule has 3 aromatic rings. The van der Waals surface area contributed by atoms with Gasteiger partial charge in [-0.25, -0.2) is 9.18 Å². The van der Waals surface area contributed by atoms with Crippen LogP contribution in [-0.2, 0) is 16.0 Å². The Morgan fingerprint density at radius 2 is 1.79 bits per heavy atom. The van der Waals surface area contributed by atoms with Crippen LogP contribution in [0.4, 0.5) is 4.39 Å². The first-order valence-corrected chi connectivity index (χ1v) is 11.1. The van der Waals surface area contributed by atoms with Gasteiger partial charge in [0.05, 0.1) is 14.2 Å². The summed E-state index contributed by atoms with van der Waals surface area (Å²) in [5.41, 5.74) is 0.981. The van der Waals surface area contributed by atoms with E-state index in [1.807, 2.05) is 6.07 Å². The minimum absolute atomic E-state index is 0.0571. The maximum Gasteiger partial charge on any atom is 0.360 e. The Kier molecular flexibility index (Phi) is 8.49. The number of nitrogens with zero attached hydrogens (tertiary/aromatic N) is 1. The molecule has 0 unspecified atom stereocenters. The van der Waals surface area contributed by atoms with Crippen molar-refractivity contribution in [3.05, 3.63) is 74.5 Å². The fourth-order valence-corrected chi connectivity index (χ4v) is 3.90. The van der Waals surface area contributed by atoms with Crippen LogP contribution in [0.1, 0.15) is 27.7 Å². The van der Waals surface area contributed by atoms with Gasteiger partial charge in [-0.2, -0.15) is 4.37 Å². The number of ether oxygens (including phenoxy) is 3. The minimum Gasteiger partial charge on any atom is -0.493 e. The van der Waals surface area contributed by atoms with Crippen molar-refractivity contribution in [2.24, 2.45) is 0 Å². The SMILES string of the molecule is COc1ccc(CCNC(=O)[C@H](OC(=O)c2nsc(Cl)c2Cl)c2ccc(F)cc2)cc1OC. The van der Waals surface area contributed by atoms with E-state index >= 15 is 0 Å². The van der Waals surface area contributed by atoms with Crippen LogP contribution < -0.4 is 14.8 Å². The largest absolute Gasteiger partial charge is 0.493 e. The number of hydrogen-bond acceptors (Lipinski definition) is 7. The van der Waals surface area contributed by atoms with Crippen molar-refractivity contribution in [2.45, 2.75) is 12.5 Å². The number of hydrogen-bond donors (Lipinski definition) is 1. The lowest BCUT2D eigenvalue weighted by atomic mass is 10.1. The average Bonchev–Trinajstić information content (AvgIpc) is 3.16. The number of amides is 1. The highest BCUT2D eigenvalue weighted by Gasteiger charge is 2.28. The molecule has 1 atom stereocenters. The number of aromatic nitrogens is 1. The van der Waals surface area contributed by atoms with Crippen molar-refractivity contribution in [3.63, 3.8) is 0 Å². The van der Waals surface area contributed by atoms with Crippen molar-refractivity contribution in [3.8, 4) is 11.5 Å². The molecule has 33 heavy (non-hydrogen) atoms. The van der Waals surface area contributed by atoms with Gasteiger partial charge in [-0.05, 0) is 47.8 Å². The Hall–Kier alpha value is -2.88. The fourth-order valence-electron chi connectivity index (χ4n) is 2.92. The molecule has 1 amide bonds. The summed E-state index contributed by atoms with van der Waals surface area (Å²) in [4.78, 5) is 25.5. The Labute approximate surface area is 203 Å². The summed E-state index contributed by atoms with van der Waals surface area (Å²) in [6.45, 7) is 0.243. The Morgan fingerprint density at radius 1 is 1.09 bits per heavy atom. The van der Waals surface area contributed by atoms with Gasteiger partial charge in [0.25, 0.3) is 5.91 Å². The molecule has 0 aliphatic carbocycles. The van der Waals surface area contributed by atoms with Gasteiger partial charge in [-0.15, -0.1) is 0 Å². The molecule has 0 aliphatic rings. The van der Waals surface area contributed by atoms with Crippen LogP contribution in [0.3, 0.4) is 0 Å². The third kappa shape index (κ3) is 6.13. The summed E-state index contributed by atoms with van der Waals surface area (Å²) in [6, 6.07) is 10.5. The molecule has 2 aromatic carbocycles. The third-order valence-corrected chi connectivity index (χ3v) is 6.20. The molecule has 0 saturated heterocycles. The van der Waals surface area contributed by atoms with Gasteiger partial charge in [0, 0.05) is 12.1 Å². The van der Waals surface area contributed by atoms with Gasteiger partial charge in [0.2, 0.25) is 6.10 Å². The quantitative estimate of drug-likeness (QED) is 0.412. The first-order valence-electron chi connectivity index (χ1n) is 9.59. The Balaban J connectivity index is 1.72. The number of nitrogens with one attached hydrogen (secondary N) is 1. The molecular weight excluding hydrogens is 494 g/mol. The van der Waals surface area contributed by atoms with Crippen LogP contribution in [0.2, 0.25) is 9.36 Å². The molecule has 1 N–H and O–H groups in total. The predicted molar refractivity (Wildman–Crippen MR) is 123 cm³/mol. The zero-order chi connectivity index (χ0) is 24.0. The highest BCUT2D eigenvalue weighted by molar-refractivity contribution is 7.11. The molecule has 174 valence electrons. The average molecular weight is 513 g/mol. The second kappa shape index (κ2) is 11.3. The van der Waals surface area contributed by atoms with E-state index in [2.05, 4.69) is 9.69 Å². The molecule has 0 aliphatic heterocycles. The van der Waals surface area contributed by atoms with Crippen LogP contribution in [0.25, 0.3) is 0 Å². The third-order valence-electron chi connectivity index (χ3n) is 4.59. The first kappa shape index (κ1) is 24.8. The van der Waals surface area contributed by atoms with Crippen LogP contribution in [0, 0.1) is 5.82 Å². The summed E-state index contributed by atoms with van der Waals surface area (Å²) < 4.78 is 33.2. The molecule has 7 nitrogen and oxygen atoms in total. The van der Waals surface area contributed by atoms with Gasteiger partial charge in [-0.1, -0.05) is 41.4 Å². The lowest BCUT2D eigenvalue weighted by Crippen LogP contribution is -2.33. The van der Waals surface area contributed by atoms with Crippen molar-refractivity contribution in [1.29, 1.82) is 0 Å². The molecule has 0 fully saturated rings. The molecule has 11 heteroatoms. The summed E-state index contributed by atoms with van der Waals surface area (Å²) in [7, 11) is 3.08. The van der Waals surface area contributed by atoms with E-state index in [0.717, 1.165) is 17.1 Å². The number of carbonyl (C=O) groups is 2. The molecule has 0 saturated carbocycles. The van der Waals surface area contributed by atoms with Crippen molar-refractivity contribution in [1.82, 2.24) is 9.69 Å². The topological polar surface area (TPSA) is 86.8 Å². The molecule has 0 bridgehead atoms. The summed E-state index contributed by atoms with van der Waals surface area (Å²) in [6.07, 6.45) is -0.871. The Bertz CT molecular complexity index is 1140. The number of methoxy groups -OCH3 is 2. The van der Waals surface area contributed by atoms with E-state index in [0.29, 0.717) is 17.9 Å². The van der Waals surface area contributed by atoms with E-state index in [9.17, 15) is 14.0 Å². The maximum absolute atomic E-state index is 13.4. The standard InChI is InChI=1S/C22H19Cl2FN2O5S/c1-30-15-8-3-12(11-16(15)31-2)9-10-26-21(28)19(13-4-6-14(25)7-5-13)32-22(29)18-17(23)20(24)33-27-18/h3-8,11,19H,9-10H2,1-2H3,(H,26,28)/t19-/m1/s1. The monoisotopic (exact) mass is 512 g/mol. The highest BCUT2D eigenvalue weighted by Crippen LogP contribution is 2.31. The second-order valence-corrected chi connectivity index (χ2v) is 8.44. The van der Waals surface area contributed by atoms with E-state index in [1.165, 1.54) is 31.4 Å². The van der Waals surface area contributed by atoms with Crippen molar-refractivity contribution >= 4 is 46.6 Å². The van der Waals surface area contributed by atoms with Gasteiger partial charge in [0.15, 0.2) is 17.2 Å². The van der Waals surface area contributed by atoms with Crippen LogP contribution in [0.5, 0.6) is 11.5 Å². The Morgan fingerprint density at radius 3 is 2.39 bits per heavy atom. The fraction of sp³-hybridized carbons (Fsp3) is 0.227. The zero-order valence-electron chi connectivity index (χ0n) is 17.6.